The van der Waals surface area contributed by atoms with Crippen LogP contribution in [0, 0.1) is 0 Å². The second kappa shape index (κ2) is 21.6. The zero-order chi connectivity index (χ0) is 39.0. The van der Waals surface area contributed by atoms with E-state index in [1.807, 2.05) is 13.8 Å². The molecule has 0 unspecified atom stereocenters. The van der Waals surface area contributed by atoms with E-state index < -0.39 is 85.0 Å². The summed E-state index contributed by atoms with van der Waals surface area (Å²) in [6, 6.07) is 1.97. The highest BCUT2D eigenvalue weighted by molar-refractivity contribution is 6.55. The fourth-order valence-electron chi connectivity index (χ4n) is 4.71. The molecule has 1 aliphatic rings. The topological polar surface area (TPSA) is 260 Å². The van der Waals surface area contributed by atoms with Gasteiger partial charge < -0.3 is 55.2 Å². The minimum atomic E-state index is -2.02. The van der Waals surface area contributed by atoms with Gasteiger partial charge in [-0.2, -0.15) is 0 Å². The molecule has 7 N–H and O–H groups in total. The Morgan fingerprint density at radius 2 is 1.71 bits per heavy atom. The van der Waals surface area contributed by atoms with Gasteiger partial charge in [-0.25, -0.2) is 4.79 Å². The fraction of sp³-hybridized carbons (Fsp3) is 0.529. The van der Waals surface area contributed by atoms with Gasteiger partial charge in [0, 0.05) is 0 Å². The summed E-state index contributed by atoms with van der Waals surface area (Å²) in [6.45, 7) is 7.39. The van der Waals surface area contributed by atoms with Gasteiger partial charge in [-0.05, 0) is 71.1 Å². The molecule has 0 saturated carbocycles. The fourth-order valence-corrected chi connectivity index (χ4v) is 4.71. The van der Waals surface area contributed by atoms with Gasteiger partial charge in [0.05, 0.1) is 24.2 Å². The van der Waals surface area contributed by atoms with E-state index in [1.54, 1.807) is 6.92 Å². The molecule has 1 saturated heterocycles. The van der Waals surface area contributed by atoms with Gasteiger partial charge in [0.1, 0.15) is 43.3 Å². The van der Waals surface area contributed by atoms with Gasteiger partial charge in [-0.3, -0.25) is 19.2 Å². The van der Waals surface area contributed by atoms with Gasteiger partial charge in [0.2, 0.25) is 25.9 Å². The maximum absolute atomic E-state index is 13.5. The first-order valence-electron chi connectivity index (χ1n) is 16.4. The third-order valence-electron chi connectivity index (χ3n) is 7.84. The molecule has 1 aromatic rings. The molecule has 1 aliphatic heterocycles. The molecule has 2 rings (SSSR count). The number of benzene rings is 1. The Balaban J connectivity index is 2.11. The molecule has 1 fully saturated rings. The zero-order valence-corrected chi connectivity index (χ0v) is 29.4. The quantitative estimate of drug-likeness (QED) is 0.0328. The maximum atomic E-state index is 13.5. The number of nitrogens with one attached hydrogen (secondary N) is 2. The van der Waals surface area contributed by atoms with E-state index in [0.717, 1.165) is 37.1 Å². The molecule has 2 radical (unpaired) electrons. The van der Waals surface area contributed by atoms with Crippen LogP contribution in [0.5, 0.6) is 5.75 Å². The Bertz CT molecular complexity index is 1510. The number of hydrogen-bond donors (Lipinski definition) is 7. The van der Waals surface area contributed by atoms with Crippen LogP contribution in [0.3, 0.4) is 0 Å². The van der Waals surface area contributed by atoms with Crippen LogP contribution >= 0.6 is 0 Å². The van der Waals surface area contributed by atoms with E-state index in [2.05, 4.69) is 34.9 Å². The van der Waals surface area contributed by atoms with Crippen molar-refractivity contribution < 1.29 is 68.6 Å². The molecule has 284 valence electrons. The number of rotatable bonds is 20. The number of carbonyl (C=O) groups is 5. The van der Waals surface area contributed by atoms with Crippen LogP contribution in [0.25, 0.3) is 0 Å². The standard InChI is InChI=1S/C34H46BN3O14/c1-5-18(2)7-6-8-19(3)9-10-20(4)38-50-14-13-36-31(45)23(16-25(39)40)37-30(44)22-15-21(17-49-34(35)48)11-12-24(22)51-33-28(43)26(41)27(42)29(52-33)32(46)47/h5,8,11-12,15,23,26-29,33,41-43H,6-7,9-10,13-14,16-17H2,1-4H3,(H,36,45)(H,37,44)(H,39,40)(H,46,47)/b18-5+,19-8+,38-20+/t23-,26-,27-,28+,29-,33+/m0/s1. The highest BCUT2D eigenvalue weighted by Crippen LogP contribution is 2.28. The molecular weight excluding hydrogens is 685 g/mol. The van der Waals surface area contributed by atoms with Gasteiger partial charge in [-0.15, -0.1) is 0 Å². The average molecular weight is 732 g/mol. The van der Waals surface area contributed by atoms with E-state index in [0.29, 0.717) is 6.42 Å². The molecule has 52 heavy (non-hydrogen) atoms. The first-order chi connectivity index (χ1) is 24.5. The van der Waals surface area contributed by atoms with E-state index in [9.17, 15) is 49.5 Å². The molecular formula is C34H46BN3O14. The number of nitrogens with zero attached hydrogens (tertiary/aromatic N) is 1. The SMILES string of the molecule is [B]C(=O)OCc1ccc(O[C@@H]2O[C@H](C(=O)O)[C@@H](O)[C@H](O)[C@H]2O)c(C(=O)N[C@@H](CC(=O)O)C(=O)NCCO/N=C(\C)CC/C(C)=C/CC/C(C)=C/C)c1. The number of carboxylic acid groups (broad SMARTS) is 2. The molecule has 0 bridgehead atoms. The number of carbonyl (C=O) groups excluding carboxylic acids is 3. The Morgan fingerprint density at radius 1 is 1.00 bits per heavy atom. The minimum Gasteiger partial charge on any atom is -0.481 e. The van der Waals surface area contributed by atoms with E-state index in [-0.39, 0.29) is 24.5 Å². The van der Waals surface area contributed by atoms with Crippen LogP contribution in [-0.4, -0.2) is 119 Å². The lowest BCUT2D eigenvalue weighted by atomic mass is 9.99. The summed E-state index contributed by atoms with van der Waals surface area (Å²) in [6.07, 6.45) is -3.08. The third kappa shape index (κ3) is 14.5. The maximum Gasteiger partial charge on any atom is 0.335 e. The summed E-state index contributed by atoms with van der Waals surface area (Å²) in [5.74, 6) is -6.57. The first kappa shape index (κ1) is 43.4. The van der Waals surface area contributed by atoms with E-state index in [4.69, 9.17) is 26.9 Å². The molecule has 0 spiro atoms. The van der Waals surface area contributed by atoms with Crippen LogP contribution in [0.1, 0.15) is 75.7 Å². The predicted molar refractivity (Wildman–Crippen MR) is 185 cm³/mol. The van der Waals surface area contributed by atoms with Crippen molar-refractivity contribution >= 4 is 43.2 Å². The summed E-state index contributed by atoms with van der Waals surface area (Å²) in [4.78, 5) is 66.0. The number of carboxylic acids is 2. The largest absolute Gasteiger partial charge is 0.481 e. The summed E-state index contributed by atoms with van der Waals surface area (Å²) < 4.78 is 15.4. The van der Waals surface area contributed by atoms with Crippen molar-refractivity contribution in [3.05, 3.63) is 52.6 Å². The summed E-state index contributed by atoms with van der Waals surface area (Å²) in [7, 11) is 5.02. The Kier molecular flexibility index (Phi) is 18.0. The average Bonchev–Trinajstić information content (AvgIpc) is 3.09. The smallest absolute Gasteiger partial charge is 0.335 e. The zero-order valence-electron chi connectivity index (χ0n) is 29.4. The number of aliphatic hydroxyl groups is 3. The number of oxime groups is 1. The van der Waals surface area contributed by atoms with Crippen molar-refractivity contribution in [3.8, 4) is 5.75 Å². The van der Waals surface area contributed by atoms with Crippen molar-refractivity contribution in [2.75, 3.05) is 13.2 Å². The Hall–Kier alpha value is -4.78. The number of ether oxygens (including phenoxy) is 3. The van der Waals surface area contributed by atoms with Crippen LogP contribution in [0.4, 0.5) is 4.79 Å². The molecule has 1 heterocycles. The minimum absolute atomic E-state index is 0.0598. The van der Waals surface area contributed by atoms with Crippen LogP contribution < -0.4 is 15.4 Å². The number of hydrogen-bond acceptors (Lipinski definition) is 13. The highest BCUT2D eigenvalue weighted by Gasteiger charge is 2.48. The highest BCUT2D eigenvalue weighted by atomic mass is 16.7. The first-order valence-corrected chi connectivity index (χ1v) is 16.4. The second-order valence-corrected chi connectivity index (χ2v) is 12.1. The molecule has 0 aliphatic carbocycles. The summed E-state index contributed by atoms with van der Waals surface area (Å²) >= 11 is 0. The number of allylic oxidation sites excluding steroid dienone is 4. The number of amides is 2. The summed E-state index contributed by atoms with van der Waals surface area (Å²) in [5.41, 5.74) is 3.07. The van der Waals surface area contributed by atoms with Crippen molar-refractivity contribution in [2.45, 2.75) is 103 Å². The molecule has 18 heteroatoms. The second-order valence-electron chi connectivity index (χ2n) is 12.1. The third-order valence-corrected chi connectivity index (χ3v) is 7.84. The van der Waals surface area contributed by atoms with Crippen molar-refractivity contribution in [3.63, 3.8) is 0 Å². The van der Waals surface area contributed by atoms with Crippen LogP contribution in [0.2, 0.25) is 0 Å². The predicted octanol–water partition coefficient (Wildman–Crippen LogP) is 1.32. The Labute approximate surface area is 302 Å². The molecule has 6 atom stereocenters. The van der Waals surface area contributed by atoms with E-state index >= 15 is 0 Å². The van der Waals surface area contributed by atoms with Crippen LogP contribution in [-0.2, 0) is 35.3 Å². The molecule has 17 nitrogen and oxygen atoms in total. The van der Waals surface area contributed by atoms with Crippen molar-refractivity contribution in [1.82, 2.24) is 10.6 Å². The molecule has 2 amide bonds. The monoisotopic (exact) mass is 731 g/mol. The lowest BCUT2D eigenvalue weighted by molar-refractivity contribution is -0.271. The summed E-state index contributed by atoms with van der Waals surface area (Å²) in [5, 5.41) is 58.1. The normalized spacial score (nSPS) is 21.4. The molecule has 1 aromatic carbocycles. The Morgan fingerprint density at radius 3 is 2.35 bits per heavy atom. The number of aliphatic carboxylic acids is 2. The molecule has 0 aromatic heterocycles. The van der Waals surface area contributed by atoms with Crippen LogP contribution in [0.15, 0.2) is 46.7 Å². The van der Waals surface area contributed by atoms with Gasteiger partial charge >= 0.3 is 11.9 Å². The van der Waals surface area contributed by atoms with Gasteiger partial charge in [0.15, 0.2) is 6.10 Å². The van der Waals surface area contributed by atoms with Crippen molar-refractivity contribution in [2.24, 2.45) is 5.16 Å². The lowest BCUT2D eigenvalue weighted by Crippen LogP contribution is -2.61. The van der Waals surface area contributed by atoms with Gasteiger partial charge in [0.25, 0.3) is 5.91 Å². The van der Waals surface area contributed by atoms with Crippen molar-refractivity contribution in [1.29, 1.82) is 0 Å². The van der Waals surface area contributed by atoms with E-state index in [1.165, 1.54) is 17.2 Å². The lowest BCUT2D eigenvalue weighted by Gasteiger charge is -2.38. The van der Waals surface area contributed by atoms with Gasteiger partial charge in [-0.1, -0.05) is 34.5 Å². The number of aliphatic hydroxyl groups excluding tert-OH is 3.